The lowest BCUT2D eigenvalue weighted by Gasteiger charge is -2.46. The molecule has 0 radical (unpaired) electrons. The molecule has 0 spiro atoms. The Hall–Kier alpha value is -1.95. The van der Waals surface area contributed by atoms with Gasteiger partial charge >= 0.3 is 0 Å². The van der Waals surface area contributed by atoms with E-state index in [0.717, 1.165) is 17.5 Å². The number of rotatable bonds is 6. The van der Waals surface area contributed by atoms with Gasteiger partial charge in [-0.05, 0) is 92.7 Å². The van der Waals surface area contributed by atoms with Crippen molar-refractivity contribution in [3.8, 4) is 0 Å². The van der Waals surface area contributed by atoms with Crippen LogP contribution in [0, 0.1) is 23.2 Å². The van der Waals surface area contributed by atoms with Gasteiger partial charge in [-0.25, -0.2) is 0 Å². The van der Waals surface area contributed by atoms with Gasteiger partial charge in [0.2, 0.25) is 0 Å². The molecule has 34 heavy (non-hydrogen) atoms. The van der Waals surface area contributed by atoms with E-state index in [0.29, 0.717) is 17.4 Å². The predicted molar refractivity (Wildman–Crippen MR) is 146 cm³/mol. The molecule has 3 aliphatic carbocycles. The first kappa shape index (κ1) is 22.5. The third-order valence-electron chi connectivity index (χ3n) is 9.28. The summed E-state index contributed by atoms with van der Waals surface area (Å²) < 4.78 is 0. The molecule has 0 amide bonds. The van der Waals surface area contributed by atoms with Crippen molar-refractivity contribution in [2.24, 2.45) is 23.2 Å². The topological polar surface area (TPSA) is 3.24 Å². The highest BCUT2D eigenvalue weighted by atomic mass is 31.1. The Balaban J connectivity index is 1.54. The summed E-state index contributed by atoms with van der Waals surface area (Å²) in [5.41, 5.74) is 2.78. The van der Waals surface area contributed by atoms with Gasteiger partial charge in [0.25, 0.3) is 0 Å². The second-order valence-corrected chi connectivity index (χ2v) is 13.6. The molecule has 1 nitrogen and oxygen atoms in total. The fourth-order valence-corrected chi connectivity index (χ4v) is 11.6. The molecule has 3 aromatic rings. The molecule has 2 bridgehead atoms. The van der Waals surface area contributed by atoms with E-state index in [4.69, 9.17) is 0 Å². The van der Waals surface area contributed by atoms with Crippen molar-refractivity contribution in [3.63, 3.8) is 0 Å². The smallest absolute Gasteiger partial charge is 0.0376 e. The van der Waals surface area contributed by atoms with Crippen molar-refractivity contribution < 1.29 is 0 Å². The summed E-state index contributed by atoms with van der Waals surface area (Å²) in [6.07, 6.45) is 8.63. The van der Waals surface area contributed by atoms with Crippen LogP contribution in [0.2, 0.25) is 0 Å². The Morgan fingerprint density at radius 2 is 1.35 bits per heavy atom. The van der Waals surface area contributed by atoms with Gasteiger partial charge in [-0.3, -0.25) is 0 Å². The van der Waals surface area contributed by atoms with E-state index in [-0.39, 0.29) is 0 Å². The third-order valence-corrected chi connectivity index (χ3v) is 12.4. The first-order valence-corrected chi connectivity index (χ1v) is 14.7. The van der Waals surface area contributed by atoms with Crippen LogP contribution in [0.4, 0.5) is 0 Å². The van der Waals surface area contributed by atoms with Gasteiger partial charge in [0.15, 0.2) is 0 Å². The summed E-state index contributed by atoms with van der Waals surface area (Å²) in [7, 11) is 4.20. The summed E-state index contributed by atoms with van der Waals surface area (Å²) in [6.45, 7) is 0. The molecule has 3 unspecified atom stereocenters. The van der Waals surface area contributed by atoms with Crippen LogP contribution in [-0.4, -0.2) is 24.7 Å². The van der Waals surface area contributed by atoms with Crippen molar-refractivity contribution >= 4 is 18.5 Å². The molecule has 3 aliphatic rings. The van der Waals surface area contributed by atoms with Gasteiger partial charge in [0.05, 0.1) is 0 Å². The van der Waals surface area contributed by atoms with E-state index < -0.39 is 7.92 Å². The molecule has 0 aliphatic heterocycles. The molecule has 0 aromatic heterocycles. The maximum atomic E-state index is 2.54. The first-order chi connectivity index (χ1) is 16.7. The van der Waals surface area contributed by atoms with Crippen LogP contribution in [0.25, 0.3) is 0 Å². The molecule has 3 aromatic carbocycles. The number of hydrogen-bond acceptors (Lipinski definition) is 1. The molecule has 6 atom stereocenters. The molecule has 3 fully saturated rings. The summed E-state index contributed by atoms with van der Waals surface area (Å²) in [5, 5.41) is 3.15. The van der Waals surface area contributed by atoms with Gasteiger partial charge in [0, 0.05) is 6.04 Å². The van der Waals surface area contributed by atoms with Crippen LogP contribution >= 0.6 is 7.92 Å². The molecule has 176 valence electrons. The highest BCUT2D eigenvalue weighted by Crippen LogP contribution is 2.75. The standard InChI is InChI=1S/C32H38NP/c1-33(2)30(25-13-6-3-7-14-25)28-21-20-24-15-12-22-32(23-29(24)32)31(28)34(26-16-8-4-9-17-26)27-18-10-5-11-19-27/h3-11,13-14,16-19,24,28-31H,12,15,20-23H2,1-2H3/t24?,28-,29?,30+,31?,32-/m0/s1. The minimum atomic E-state index is -0.437. The van der Waals surface area contributed by atoms with Crippen molar-refractivity contribution in [1.29, 1.82) is 0 Å². The molecule has 3 saturated carbocycles. The minimum absolute atomic E-state index is 0.437. The van der Waals surface area contributed by atoms with Gasteiger partial charge in [0.1, 0.15) is 0 Å². The molecule has 0 heterocycles. The predicted octanol–water partition coefficient (Wildman–Crippen LogP) is 7.01. The number of hydrogen-bond donors (Lipinski definition) is 0. The maximum absolute atomic E-state index is 2.54. The lowest BCUT2D eigenvalue weighted by molar-refractivity contribution is 0.173. The summed E-state index contributed by atoms with van der Waals surface area (Å²) in [6, 6.07) is 35.1. The SMILES string of the molecule is CN(C)[C@H](c1ccccc1)[C@@H]1CCC2CCC[C@@]3(CC23)C1P(c1ccccc1)c1ccccc1. The lowest BCUT2D eigenvalue weighted by Crippen LogP contribution is -2.42. The summed E-state index contributed by atoms with van der Waals surface area (Å²) in [5.74, 6) is 2.60. The van der Waals surface area contributed by atoms with Crippen LogP contribution in [0.5, 0.6) is 0 Å². The van der Waals surface area contributed by atoms with E-state index in [9.17, 15) is 0 Å². The molecule has 0 saturated heterocycles. The van der Waals surface area contributed by atoms with Gasteiger partial charge in [-0.15, -0.1) is 0 Å². The average molecular weight is 468 g/mol. The Morgan fingerprint density at radius 1 is 0.765 bits per heavy atom. The largest absolute Gasteiger partial charge is 0.302 e. The maximum Gasteiger partial charge on any atom is 0.0376 e. The van der Waals surface area contributed by atoms with E-state index in [1.807, 2.05) is 0 Å². The molecule has 6 rings (SSSR count). The normalized spacial score (nSPS) is 31.1. The third kappa shape index (κ3) is 3.86. The van der Waals surface area contributed by atoms with Crippen LogP contribution in [0.15, 0.2) is 91.0 Å². The van der Waals surface area contributed by atoms with Gasteiger partial charge < -0.3 is 4.90 Å². The monoisotopic (exact) mass is 467 g/mol. The van der Waals surface area contributed by atoms with E-state index in [1.165, 1.54) is 44.1 Å². The Morgan fingerprint density at radius 3 is 1.94 bits per heavy atom. The second-order valence-electron chi connectivity index (χ2n) is 11.2. The van der Waals surface area contributed by atoms with Gasteiger partial charge in [-0.2, -0.15) is 0 Å². The van der Waals surface area contributed by atoms with E-state index in [2.05, 4.69) is 110 Å². The van der Waals surface area contributed by atoms with E-state index in [1.54, 1.807) is 10.6 Å². The fourth-order valence-electron chi connectivity index (χ4n) is 8.00. The summed E-state index contributed by atoms with van der Waals surface area (Å²) in [4.78, 5) is 2.54. The Labute approximate surface area is 207 Å². The quantitative estimate of drug-likeness (QED) is 0.353. The lowest BCUT2D eigenvalue weighted by atomic mass is 9.77. The Bertz CT molecular complexity index is 1040. The highest BCUT2D eigenvalue weighted by Gasteiger charge is 2.67. The van der Waals surface area contributed by atoms with E-state index >= 15 is 0 Å². The van der Waals surface area contributed by atoms with Crippen molar-refractivity contribution in [2.75, 3.05) is 14.1 Å². The first-order valence-electron chi connectivity index (χ1n) is 13.3. The zero-order chi connectivity index (χ0) is 23.1. The zero-order valence-electron chi connectivity index (χ0n) is 20.7. The van der Waals surface area contributed by atoms with Crippen LogP contribution in [0.1, 0.15) is 50.1 Å². The molecular weight excluding hydrogens is 429 g/mol. The van der Waals surface area contributed by atoms with Crippen LogP contribution in [0.3, 0.4) is 0 Å². The highest BCUT2D eigenvalue weighted by molar-refractivity contribution is 7.73. The number of benzene rings is 3. The van der Waals surface area contributed by atoms with Crippen LogP contribution < -0.4 is 10.6 Å². The van der Waals surface area contributed by atoms with Crippen LogP contribution in [-0.2, 0) is 0 Å². The zero-order valence-corrected chi connectivity index (χ0v) is 21.6. The second kappa shape index (κ2) is 9.25. The van der Waals surface area contributed by atoms with Crippen molar-refractivity contribution in [1.82, 2.24) is 4.90 Å². The van der Waals surface area contributed by atoms with Gasteiger partial charge in [-0.1, -0.05) is 104 Å². The van der Waals surface area contributed by atoms with Crippen molar-refractivity contribution in [3.05, 3.63) is 96.6 Å². The molecular formula is C32H38NP. The fraction of sp³-hybridized carbons (Fsp3) is 0.438. The van der Waals surface area contributed by atoms with Crippen molar-refractivity contribution in [2.45, 2.75) is 50.2 Å². The Kier molecular flexibility index (Phi) is 6.13. The summed E-state index contributed by atoms with van der Waals surface area (Å²) >= 11 is 0. The molecule has 0 N–H and O–H groups in total. The average Bonchev–Trinajstić information content (AvgIpc) is 3.63. The molecule has 2 heteroatoms. The number of nitrogens with zero attached hydrogens (tertiary/aromatic N) is 1. The minimum Gasteiger partial charge on any atom is -0.302 e.